The number of anilines is 3. The molecule has 0 unspecified atom stereocenters. The summed E-state index contributed by atoms with van der Waals surface area (Å²) >= 11 is 0. The van der Waals surface area contributed by atoms with Crippen molar-refractivity contribution in [1.29, 1.82) is 0 Å². The fraction of sp³-hybridized carbons (Fsp3) is 0.471. The van der Waals surface area contributed by atoms with Gasteiger partial charge in [-0.25, -0.2) is 0 Å². The highest BCUT2D eigenvalue weighted by Gasteiger charge is 2.17. The molecule has 0 amide bonds. The van der Waals surface area contributed by atoms with Crippen LogP contribution in [0.2, 0.25) is 0 Å². The van der Waals surface area contributed by atoms with E-state index in [0.717, 1.165) is 44.2 Å². The highest BCUT2D eigenvalue weighted by molar-refractivity contribution is 5.59. The fourth-order valence-corrected chi connectivity index (χ4v) is 2.87. The Bertz CT molecular complexity index is 664. The zero-order valence-electron chi connectivity index (χ0n) is 14.1. The molecule has 0 saturated carbocycles. The Hall–Kier alpha value is -2.21. The van der Waals surface area contributed by atoms with Gasteiger partial charge >= 0.3 is 0 Å². The first kappa shape index (κ1) is 15.7. The molecule has 1 aliphatic rings. The predicted octanol–water partition coefficient (Wildman–Crippen LogP) is 2.37. The molecule has 23 heavy (non-hydrogen) atoms. The molecule has 2 aromatic rings. The summed E-state index contributed by atoms with van der Waals surface area (Å²) in [6.07, 6.45) is 1.74. The van der Waals surface area contributed by atoms with Crippen LogP contribution in [0.3, 0.4) is 0 Å². The van der Waals surface area contributed by atoms with Gasteiger partial charge in [0.2, 0.25) is 5.95 Å². The summed E-state index contributed by atoms with van der Waals surface area (Å²) in [4.78, 5) is 9.35. The molecule has 0 aliphatic carbocycles. The van der Waals surface area contributed by atoms with Gasteiger partial charge in [-0.1, -0.05) is 24.6 Å². The molecule has 0 atom stereocenters. The lowest BCUT2D eigenvalue weighted by Crippen LogP contribution is -2.46. The van der Waals surface area contributed by atoms with Crippen LogP contribution in [0, 0.1) is 13.8 Å². The van der Waals surface area contributed by atoms with Crippen LogP contribution in [-0.4, -0.2) is 52.8 Å². The molecule has 6 heteroatoms. The Morgan fingerprint density at radius 1 is 1.13 bits per heavy atom. The second-order valence-corrected chi connectivity index (χ2v) is 6.00. The largest absolute Gasteiger partial charge is 0.353 e. The van der Waals surface area contributed by atoms with Crippen molar-refractivity contribution in [3.63, 3.8) is 0 Å². The highest BCUT2D eigenvalue weighted by Crippen LogP contribution is 2.20. The molecule has 122 valence electrons. The Morgan fingerprint density at radius 3 is 2.61 bits per heavy atom. The number of hydrogen-bond acceptors (Lipinski definition) is 6. The Morgan fingerprint density at radius 2 is 1.91 bits per heavy atom. The lowest BCUT2D eigenvalue weighted by molar-refractivity contribution is 0.270. The fourth-order valence-electron chi connectivity index (χ4n) is 2.87. The van der Waals surface area contributed by atoms with Gasteiger partial charge in [-0.2, -0.15) is 10.1 Å². The summed E-state index contributed by atoms with van der Waals surface area (Å²) < 4.78 is 0. The molecule has 6 nitrogen and oxygen atoms in total. The molecular weight excluding hydrogens is 288 g/mol. The average molecular weight is 312 g/mol. The monoisotopic (exact) mass is 312 g/mol. The number of aryl methyl sites for hydroxylation is 2. The van der Waals surface area contributed by atoms with Crippen LogP contribution in [0.5, 0.6) is 0 Å². The molecule has 1 aliphatic heterocycles. The third kappa shape index (κ3) is 3.76. The van der Waals surface area contributed by atoms with Crippen LogP contribution in [0.1, 0.15) is 18.1 Å². The van der Waals surface area contributed by atoms with Crippen LogP contribution in [0.4, 0.5) is 17.5 Å². The van der Waals surface area contributed by atoms with Crippen LogP contribution in [-0.2, 0) is 0 Å². The maximum absolute atomic E-state index is 4.63. The maximum Gasteiger partial charge on any atom is 0.249 e. The normalized spacial score (nSPS) is 15.7. The van der Waals surface area contributed by atoms with Crippen molar-refractivity contribution in [2.75, 3.05) is 42.9 Å². The molecule has 0 bridgehead atoms. The van der Waals surface area contributed by atoms with E-state index in [4.69, 9.17) is 0 Å². The van der Waals surface area contributed by atoms with E-state index in [1.807, 2.05) is 0 Å². The van der Waals surface area contributed by atoms with E-state index in [1.54, 1.807) is 6.20 Å². The first-order chi connectivity index (χ1) is 11.2. The number of aromatic nitrogens is 3. The molecule has 1 aromatic carbocycles. The van der Waals surface area contributed by atoms with Gasteiger partial charge in [0.25, 0.3) is 0 Å². The van der Waals surface area contributed by atoms with Gasteiger partial charge in [-0.05, 0) is 32.0 Å². The maximum atomic E-state index is 4.63. The molecule has 1 saturated heterocycles. The van der Waals surface area contributed by atoms with Crippen molar-refractivity contribution in [2.45, 2.75) is 20.8 Å². The van der Waals surface area contributed by atoms with Gasteiger partial charge in [0.05, 0.1) is 6.20 Å². The lowest BCUT2D eigenvalue weighted by Gasteiger charge is -2.34. The smallest absolute Gasteiger partial charge is 0.249 e. The summed E-state index contributed by atoms with van der Waals surface area (Å²) in [5, 5.41) is 11.5. The molecule has 0 radical (unpaired) electrons. The first-order valence-electron chi connectivity index (χ1n) is 8.17. The van der Waals surface area contributed by atoms with Gasteiger partial charge in [-0.15, -0.1) is 5.10 Å². The average Bonchev–Trinajstić information content (AvgIpc) is 2.58. The molecule has 1 aromatic heterocycles. The van der Waals surface area contributed by atoms with E-state index in [1.165, 1.54) is 11.1 Å². The number of likely N-dealkylation sites (N-methyl/N-ethyl adjacent to an activating group) is 1. The molecule has 2 heterocycles. The van der Waals surface area contributed by atoms with Crippen molar-refractivity contribution in [3.05, 3.63) is 35.5 Å². The van der Waals surface area contributed by atoms with E-state index in [9.17, 15) is 0 Å². The number of nitrogens with one attached hydrogen (secondary N) is 1. The number of benzene rings is 1. The Labute approximate surface area is 137 Å². The second kappa shape index (κ2) is 6.91. The molecular formula is C17H24N6. The number of rotatable bonds is 4. The number of nitrogens with zero attached hydrogens (tertiary/aromatic N) is 5. The summed E-state index contributed by atoms with van der Waals surface area (Å²) in [6.45, 7) is 11.6. The van der Waals surface area contributed by atoms with E-state index in [-0.39, 0.29) is 0 Å². The summed E-state index contributed by atoms with van der Waals surface area (Å²) in [6, 6.07) is 6.28. The summed E-state index contributed by atoms with van der Waals surface area (Å²) in [7, 11) is 0. The van der Waals surface area contributed by atoms with E-state index in [0.29, 0.717) is 5.95 Å². The van der Waals surface area contributed by atoms with Crippen molar-refractivity contribution >= 4 is 17.5 Å². The zero-order valence-corrected chi connectivity index (χ0v) is 14.1. The number of piperazine rings is 1. The SMILES string of the molecule is CCN1CCN(c2cnnc(Nc3ccc(C)cc3C)n2)CC1. The topological polar surface area (TPSA) is 57.2 Å². The standard InChI is InChI=1S/C17H24N6/c1-4-22-7-9-23(10-8-22)16-12-18-21-17(20-16)19-15-6-5-13(2)11-14(15)3/h5-6,11-12H,4,7-10H2,1-3H3,(H,19,20,21). The van der Waals surface area contributed by atoms with Gasteiger partial charge in [0.1, 0.15) is 0 Å². The van der Waals surface area contributed by atoms with Crippen LogP contribution in [0.25, 0.3) is 0 Å². The van der Waals surface area contributed by atoms with Crippen LogP contribution >= 0.6 is 0 Å². The Balaban J connectivity index is 1.72. The second-order valence-electron chi connectivity index (χ2n) is 6.00. The zero-order chi connectivity index (χ0) is 16.2. The van der Waals surface area contributed by atoms with Crippen molar-refractivity contribution in [3.8, 4) is 0 Å². The van der Waals surface area contributed by atoms with E-state index in [2.05, 4.69) is 69.3 Å². The van der Waals surface area contributed by atoms with Crippen molar-refractivity contribution < 1.29 is 0 Å². The number of hydrogen-bond donors (Lipinski definition) is 1. The van der Waals surface area contributed by atoms with Gasteiger partial charge in [0, 0.05) is 31.9 Å². The predicted molar refractivity (Wildman–Crippen MR) is 93.4 cm³/mol. The third-order valence-corrected chi connectivity index (χ3v) is 4.32. The van der Waals surface area contributed by atoms with Crippen molar-refractivity contribution in [1.82, 2.24) is 20.1 Å². The highest BCUT2D eigenvalue weighted by atomic mass is 15.3. The quantitative estimate of drug-likeness (QED) is 0.935. The van der Waals surface area contributed by atoms with Crippen LogP contribution in [0.15, 0.2) is 24.4 Å². The third-order valence-electron chi connectivity index (χ3n) is 4.32. The van der Waals surface area contributed by atoms with Crippen LogP contribution < -0.4 is 10.2 Å². The lowest BCUT2D eigenvalue weighted by atomic mass is 10.1. The van der Waals surface area contributed by atoms with Gasteiger partial charge in [-0.3, -0.25) is 0 Å². The molecule has 1 N–H and O–H groups in total. The van der Waals surface area contributed by atoms with E-state index < -0.39 is 0 Å². The summed E-state index contributed by atoms with van der Waals surface area (Å²) in [5.41, 5.74) is 3.44. The minimum Gasteiger partial charge on any atom is -0.353 e. The first-order valence-corrected chi connectivity index (χ1v) is 8.17. The molecule has 0 spiro atoms. The minimum absolute atomic E-state index is 0.548. The van der Waals surface area contributed by atoms with Crippen molar-refractivity contribution in [2.24, 2.45) is 0 Å². The van der Waals surface area contributed by atoms with Gasteiger partial charge < -0.3 is 15.1 Å². The Kier molecular flexibility index (Phi) is 4.71. The van der Waals surface area contributed by atoms with E-state index >= 15 is 0 Å². The molecule has 3 rings (SSSR count). The van der Waals surface area contributed by atoms with Gasteiger partial charge in [0.15, 0.2) is 5.82 Å². The molecule has 1 fully saturated rings. The summed E-state index contributed by atoms with van der Waals surface area (Å²) in [5.74, 6) is 1.44. The minimum atomic E-state index is 0.548.